The summed E-state index contributed by atoms with van der Waals surface area (Å²) in [5, 5.41) is -0.0872. The van der Waals surface area contributed by atoms with E-state index >= 15 is 0 Å². The normalized spacial score (nSPS) is 36.6. The van der Waals surface area contributed by atoms with Crippen LogP contribution in [0, 0.1) is 5.92 Å². The molecule has 4 heteroatoms. The zero-order valence-corrected chi connectivity index (χ0v) is 9.82. The van der Waals surface area contributed by atoms with E-state index in [-0.39, 0.29) is 5.31 Å². The molecule has 16 heavy (non-hydrogen) atoms. The Kier molecular flexibility index (Phi) is 3.28. The zero-order valence-electron chi connectivity index (χ0n) is 9.82. The van der Waals surface area contributed by atoms with Gasteiger partial charge in [0.1, 0.15) is 7.28 Å². The van der Waals surface area contributed by atoms with Crippen molar-refractivity contribution in [1.82, 2.24) is 0 Å². The number of fused-ring (bicyclic) bond motifs is 2. The first kappa shape index (κ1) is 12.3. The van der Waals surface area contributed by atoms with Gasteiger partial charge >= 0.3 is 6.18 Å². The molecule has 0 N–H and O–H groups in total. The summed E-state index contributed by atoms with van der Waals surface area (Å²) in [5.74, 6) is -0.552. The summed E-state index contributed by atoms with van der Waals surface area (Å²) < 4.78 is 37.8. The van der Waals surface area contributed by atoms with Gasteiger partial charge in [-0.3, -0.25) is 0 Å². The predicted octanol–water partition coefficient (Wildman–Crippen LogP) is 4.59. The minimum atomic E-state index is -4.02. The van der Waals surface area contributed by atoms with E-state index in [1.165, 1.54) is 19.8 Å². The van der Waals surface area contributed by atoms with Gasteiger partial charge in [0.2, 0.25) is 0 Å². The summed E-state index contributed by atoms with van der Waals surface area (Å²) in [6.07, 6.45) is 2.87. The van der Waals surface area contributed by atoms with Crippen LogP contribution < -0.4 is 0 Å². The minimum absolute atomic E-state index is 0.0872. The molecule has 2 rings (SSSR count). The second-order valence-electron chi connectivity index (χ2n) is 5.72. The van der Waals surface area contributed by atoms with E-state index in [1.807, 2.05) is 0 Å². The van der Waals surface area contributed by atoms with Crippen molar-refractivity contribution in [2.75, 3.05) is 0 Å². The average Bonchev–Trinajstić information content (AvgIpc) is 2.15. The highest BCUT2D eigenvalue weighted by Crippen LogP contribution is 2.55. The molecule has 0 aromatic heterocycles. The van der Waals surface area contributed by atoms with E-state index in [1.54, 1.807) is 0 Å². The molecule has 0 aromatic carbocycles. The first-order valence-electron chi connectivity index (χ1n) is 6.34. The van der Waals surface area contributed by atoms with Gasteiger partial charge in [-0.1, -0.05) is 56.6 Å². The van der Waals surface area contributed by atoms with Gasteiger partial charge in [0, 0.05) is 0 Å². The molecule has 0 aliphatic carbocycles. The van der Waals surface area contributed by atoms with E-state index in [0.717, 1.165) is 25.7 Å². The minimum Gasteiger partial charge on any atom is -0.171 e. The molecule has 0 amide bonds. The van der Waals surface area contributed by atoms with Crippen molar-refractivity contribution < 1.29 is 13.2 Å². The maximum absolute atomic E-state index is 12.6. The van der Waals surface area contributed by atoms with Crippen molar-refractivity contribution in [2.45, 2.75) is 69.2 Å². The van der Waals surface area contributed by atoms with Crippen LogP contribution in [0.2, 0.25) is 11.1 Å². The van der Waals surface area contributed by atoms with Gasteiger partial charge in [-0.2, -0.15) is 13.2 Å². The molecule has 2 heterocycles. The molecule has 2 aliphatic rings. The van der Waals surface area contributed by atoms with Crippen LogP contribution in [-0.4, -0.2) is 13.5 Å². The maximum Gasteiger partial charge on any atom is 0.391 e. The average molecular weight is 231 g/mol. The van der Waals surface area contributed by atoms with Crippen molar-refractivity contribution in [3.63, 3.8) is 0 Å². The van der Waals surface area contributed by atoms with Gasteiger partial charge in [-0.15, -0.1) is 0 Å². The van der Waals surface area contributed by atoms with Crippen molar-refractivity contribution in [1.29, 1.82) is 0 Å². The van der Waals surface area contributed by atoms with Gasteiger partial charge in [0.15, 0.2) is 0 Å². The molecule has 2 aliphatic heterocycles. The van der Waals surface area contributed by atoms with Crippen LogP contribution in [0.5, 0.6) is 0 Å². The quantitative estimate of drug-likeness (QED) is 0.609. The molecule has 2 saturated heterocycles. The third-order valence-corrected chi connectivity index (χ3v) is 4.36. The molecular formula is C12H19BF3. The van der Waals surface area contributed by atoms with E-state index in [2.05, 4.69) is 7.28 Å². The van der Waals surface area contributed by atoms with E-state index < -0.39 is 12.1 Å². The summed E-state index contributed by atoms with van der Waals surface area (Å²) >= 11 is 0. The molecule has 1 unspecified atom stereocenters. The lowest BCUT2D eigenvalue weighted by Gasteiger charge is -2.46. The first-order chi connectivity index (χ1) is 7.41. The molecule has 1 radical (unpaired) electrons. The number of hydrogen-bond donors (Lipinski definition) is 0. The van der Waals surface area contributed by atoms with Gasteiger partial charge in [-0.05, 0) is 6.42 Å². The van der Waals surface area contributed by atoms with Crippen molar-refractivity contribution >= 4 is 7.28 Å². The second-order valence-corrected chi connectivity index (χ2v) is 5.72. The Labute approximate surface area is 96.2 Å². The Balaban J connectivity index is 2.01. The molecule has 0 aromatic rings. The summed E-state index contributed by atoms with van der Waals surface area (Å²) in [5.41, 5.74) is 0. The van der Waals surface area contributed by atoms with Crippen LogP contribution in [0.3, 0.4) is 0 Å². The standard InChI is InChI=1S/C12H19BF3/c1-9(12(14,15)16)8-11-6-2-4-10(13-11)5-3-7-11/h9-10H,2-8H2,1H3. The topological polar surface area (TPSA) is 0 Å². The zero-order chi connectivity index (χ0) is 11.8. The van der Waals surface area contributed by atoms with E-state index in [9.17, 15) is 13.2 Å². The fourth-order valence-electron chi connectivity index (χ4n) is 3.53. The van der Waals surface area contributed by atoms with Crippen molar-refractivity contribution in [2.24, 2.45) is 5.92 Å². The highest BCUT2D eigenvalue weighted by Gasteiger charge is 2.46. The SMILES string of the molecule is CC(CC12[B]C(CCC1)CCC2)C(F)(F)F. The summed E-state index contributed by atoms with van der Waals surface area (Å²) in [6, 6.07) is 0. The van der Waals surface area contributed by atoms with Crippen LogP contribution in [0.4, 0.5) is 13.2 Å². The monoisotopic (exact) mass is 231 g/mol. The van der Waals surface area contributed by atoms with Gasteiger partial charge in [0.05, 0.1) is 5.92 Å². The van der Waals surface area contributed by atoms with Crippen LogP contribution in [0.15, 0.2) is 0 Å². The lowest BCUT2D eigenvalue weighted by Crippen LogP contribution is -2.36. The fraction of sp³-hybridized carbons (Fsp3) is 1.00. The molecule has 0 saturated carbocycles. The Morgan fingerprint density at radius 1 is 1.25 bits per heavy atom. The highest BCUT2D eigenvalue weighted by molar-refractivity contribution is 6.42. The smallest absolute Gasteiger partial charge is 0.171 e. The molecular weight excluding hydrogens is 212 g/mol. The van der Waals surface area contributed by atoms with Crippen LogP contribution in [0.1, 0.15) is 51.9 Å². The lowest BCUT2D eigenvalue weighted by molar-refractivity contribution is -0.174. The third-order valence-electron chi connectivity index (χ3n) is 4.36. The van der Waals surface area contributed by atoms with Gasteiger partial charge in [0.25, 0.3) is 0 Å². The lowest BCUT2D eigenvalue weighted by atomic mass is 9.34. The molecule has 91 valence electrons. The van der Waals surface area contributed by atoms with E-state index in [4.69, 9.17) is 0 Å². The van der Waals surface area contributed by atoms with Gasteiger partial charge in [-0.25, -0.2) is 0 Å². The maximum atomic E-state index is 12.6. The number of halogens is 3. The second kappa shape index (κ2) is 4.27. The van der Waals surface area contributed by atoms with Gasteiger partial charge < -0.3 is 0 Å². The predicted molar refractivity (Wildman–Crippen MR) is 59.7 cm³/mol. The number of hydrogen-bond acceptors (Lipinski definition) is 0. The number of alkyl halides is 3. The molecule has 0 nitrogen and oxygen atoms in total. The first-order valence-corrected chi connectivity index (χ1v) is 6.34. The molecule has 2 fully saturated rings. The van der Waals surface area contributed by atoms with Crippen LogP contribution in [0.25, 0.3) is 0 Å². The highest BCUT2D eigenvalue weighted by atomic mass is 19.4. The molecule has 2 bridgehead atoms. The Hall–Kier alpha value is -0.145. The fourth-order valence-corrected chi connectivity index (χ4v) is 3.53. The molecule has 0 spiro atoms. The van der Waals surface area contributed by atoms with E-state index in [0.29, 0.717) is 12.2 Å². The summed E-state index contributed by atoms with van der Waals surface area (Å²) in [4.78, 5) is 0. The Bertz CT molecular complexity index is 239. The van der Waals surface area contributed by atoms with Crippen LogP contribution >= 0.6 is 0 Å². The summed E-state index contributed by atoms with van der Waals surface area (Å²) in [6.45, 7) is 1.33. The van der Waals surface area contributed by atoms with Crippen molar-refractivity contribution in [3.8, 4) is 0 Å². The summed E-state index contributed by atoms with van der Waals surface area (Å²) in [7, 11) is 2.27. The third kappa shape index (κ3) is 2.57. The van der Waals surface area contributed by atoms with Crippen molar-refractivity contribution in [3.05, 3.63) is 0 Å². The Morgan fingerprint density at radius 3 is 2.31 bits per heavy atom. The Morgan fingerprint density at radius 2 is 1.81 bits per heavy atom. The van der Waals surface area contributed by atoms with Crippen LogP contribution in [-0.2, 0) is 0 Å². The largest absolute Gasteiger partial charge is 0.391 e. The molecule has 1 atom stereocenters. The number of rotatable bonds is 2.